The van der Waals surface area contributed by atoms with E-state index in [4.69, 9.17) is 34.7 Å². The van der Waals surface area contributed by atoms with Crippen LogP contribution >= 0.6 is 0 Å². The summed E-state index contributed by atoms with van der Waals surface area (Å²) in [7, 11) is -5.17. The summed E-state index contributed by atoms with van der Waals surface area (Å²) < 4.78 is 34.1. The first-order valence-electron chi connectivity index (χ1n) is 4.78. The lowest BCUT2D eigenvalue weighted by Crippen LogP contribution is -2.27. The second-order valence-corrected chi connectivity index (χ2v) is 4.19. The van der Waals surface area contributed by atoms with E-state index in [0.717, 1.165) is 12.8 Å². The molecular formula is C7H15N5O4S-2. The molecule has 0 amide bonds. The summed E-state index contributed by atoms with van der Waals surface area (Å²) in [6.45, 7) is 0. The molecule has 0 heterocycles. The predicted octanol–water partition coefficient (Wildman–Crippen LogP) is -1.82. The van der Waals surface area contributed by atoms with Gasteiger partial charge < -0.3 is 26.3 Å². The van der Waals surface area contributed by atoms with Gasteiger partial charge in [0.1, 0.15) is 0 Å². The molecule has 0 unspecified atom stereocenters. The predicted molar refractivity (Wildman–Crippen MR) is 60.2 cm³/mol. The monoisotopic (exact) mass is 265 g/mol. The molecule has 9 nitrogen and oxygen atoms in total. The Morgan fingerprint density at radius 3 is 1.88 bits per heavy atom. The van der Waals surface area contributed by atoms with Crippen LogP contribution in [-0.4, -0.2) is 35.5 Å². The zero-order valence-electron chi connectivity index (χ0n) is 9.07. The summed E-state index contributed by atoms with van der Waals surface area (Å²) in [6.07, 6.45) is 4.65. The minimum Gasteiger partial charge on any atom is -0.759 e. The number of hydrogen-bond acceptors (Lipinski definition) is 5. The van der Waals surface area contributed by atoms with Gasteiger partial charge in [0.2, 0.25) is 5.96 Å². The molecule has 0 aliphatic heterocycles. The van der Waals surface area contributed by atoms with Crippen molar-refractivity contribution in [2.75, 3.05) is 0 Å². The Labute approximate surface area is 99.4 Å². The lowest BCUT2D eigenvalue weighted by molar-refractivity contribution is 0.352. The van der Waals surface area contributed by atoms with Gasteiger partial charge in [0.05, 0.1) is 6.04 Å². The number of nitrogens with zero attached hydrogens (tertiary/aromatic N) is 2. The summed E-state index contributed by atoms with van der Waals surface area (Å²) >= 11 is 0. The Morgan fingerprint density at radius 2 is 1.53 bits per heavy atom. The van der Waals surface area contributed by atoms with Gasteiger partial charge >= 0.3 is 0 Å². The molecule has 0 aromatic heterocycles. The van der Waals surface area contributed by atoms with Crippen molar-refractivity contribution in [3.63, 3.8) is 0 Å². The lowest BCUT2D eigenvalue weighted by Gasteiger charge is -2.06. The third-order valence-corrected chi connectivity index (χ3v) is 1.88. The molecule has 1 fully saturated rings. The summed E-state index contributed by atoms with van der Waals surface area (Å²) in [4.78, 5) is 7.80. The smallest absolute Gasteiger partial charge is 0.218 e. The Hall–Kier alpha value is -1.39. The van der Waals surface area contributed by atoms with Crippen LogP contribution in [0.4, 0.5) is 0 Å². The second-order valence-electron chi connectivity index (χ2n) is 3.37. The van der Waals surface area contributed by atoms with Crippen molar-refractivity contribution in [2.45, 2.75) is 31.7 Å². The van der Waals surface area contributed by atoms with Crippen LogP contribution in [0.1, 0.15) is 25.7 Å². The first kappa shape index (κ1) is 15.6. The van der Waals surface area contributed by atoms with Gasteiger partial charge in [-0.1, -0.05) is 12.8 Å². The maximum absolute atomic E-state index is 8.52. The average Bonchev–Trinajstić information content (AvgIpc) is 2.50. The second kappa shape index (κ2) is 7.04. The molecule has 1 rings (SSSR count). The molecule has 17 heavy (non-hydrogen) atoms. The highest BCUT2D eigenvalue weighted by Gasteiger charge is 2.13. The maximum Gasteiger partial charge on any atom is 0.218 e. The molecule has 1 aliphatic rings. The molecule has 0 bridgehead atoms. The fourth-order valence-electron chi connectivity index (χ4n) is 1.38. The Balaban J connectivity index is 0.000000437. The Bertz CT molecular complexity index is 373. The van der Waals surface area contributed by atoms with Gasteiger partial charge in [-0.3, -0.25) is 8.42 Å². The average molecular weight is 265 g/mol. The molecule has 0 atom stereocenters. The molecule has 0 radical (unpaired) electrons. The van der Waals surface area contributed by atoms with Crippen molar-refractivity contribution in [1.29, 1.82) is 0 Å². The van der Waals surface area contributed by atoms with Gasteiger partial charge in [-0.15, -0.1) is 0 Å². The van der Waals surface area contributed by atoms with E-state index in [-0.39, 0.29) is 11.9 Å². The molecule has 0 spiro atoms. The number of nitrogens with two attached hydrogens (primary N) is 3. The summed E-state index contributed by atoms with van der Waals surface area (Å²) in [5.41, 5.74) is 15.7. The summed E-state index contributed by atoms with van der Waals surface area (Å²) in [5.74, 6) is 0.163. The van der Waals surface area contributed by atoms with E-state index < -0.39 is 10.4 Å². The van der Waals surface area contributed by atoms with Crippen LogP contribution in [0.5, 0.6) is 0 Å². The summed E-state index contributed by atoms with van der Waals surface area (Å²) in [6, 6.07) is 0.327. The first-order valence-corrected chi connectivity index (χ1v) is 6.11. The van der Waals surface area contributed by atoms with E-state index >= 15 is 0 Å². The van der Waals surface area contributed by atoms with Crippen LogP contribution in [-0.2, 0) is 10.4 Å². The number of hydrogen-bond donors (Lipinski definition) is 3. The fraction of sp³-hybridized carbons (Fsp3) is 0.714. The number of rotatable bonds is 1. The summed E-state index contributed by atoms with van der Waals surface area (Å²) in [5, 5.41) is 0. The van der Waals surface area contributed by atoms with Crippen LogP contribution in [0.15, 0.2) is 9.98 Å². The van der Waals surface area contributed by atoms with Crippen molar-refractivity contribution in [3.8, 4) is 0 Å². The molecule has 6 N–H and O–H groups in total. The quantitative estimate of drug-likeness (QED) is 0.215. The molecule has 1 aliphatic carbocycles. The molecule has 0 aromatic carbocycles. The van der Waals surface area contributed by atoms with Gasteiger partial charge in [0.25, 0.3) is 0 Å². The standard InChI is InChI=1S/C7H15N5.H2O4S/c8-6(9)12-7(10)11-5-3-1-2-4-5;1-5(2,3)4/h5H,1-4H2,(H6,8,9,10,11,12);(H2,1,2,3,4)/p-2. The van der Waals surface area contributed by atoms with Crippen molar-refractivity contribution in [1.82, 2.24) is 0 Å². The van der Waals surface area contributed by atoms with Crippen molar-refractivity contribution in [3.05, 3.63) is 0 Å². The minimum atomic E-state index is -5.17. The van der Waals surface area contributed by atoms with Crippen LogP contribution in [0, 0.1) is 0 Å². The lowest BCUT2D eigenvalue weighted by atomic mass is 10.3. The van der Waals surface area contributed by atoms with Crippen LogP contribution in [0.2, 0.25) is 0 Å². The van der Waals surface area contributed by atoms with Crippen molar-refractivity contribution < 1.29 is 17.5 Å². The van der Waals surface area contributed by atoms with Gasteiger partial charge in [-0.2, -0.15) is 4.99 Å². The minimum absolute atomic E-state index is 0.0331. The van der Waals surface area contributed by atoms with E-state index in [1.165, 1.54) is 12.8 Å². The number of aliphatic imine (C=N–C) groups is 2. The van der Waals surface area contributed by atoms with Crippen molar-refractivity contribution in [2.24, 2.45) is 27.2 Å². The third kappa shape index (κ3) is 12.5. The van der Waals surface area contributed by atoms with E-state index in [9.17, 15) is 0 Å². The molecule has 0 saturated heterocycles. The Kier molecular flexibility index (Phi) is 6.46. The Morgan fingerprint density at radius 1 is 1.12 bits per heavy atom. The van der Waals surface area contributed by atoms with Crippen LogP contribution < -0.4 is 17.2 Å². The van der Waals surface area contributed by atoms with Crippen LogP contribution in [0.3, 0.4) is 0 Å². The zero-order chi connectivity index (χ0) is 13.5. The molecule has 10 heteroatoms. The topological polar surface area (TPSA) is 183 Å². The SMILES string of the molecule is NC(N)=NC(N)=NC1CCCC1.O=S(=O)([O-])[O-]. The highest BCUT2D eigenvalue weighted by atomic mass is 32.3. The largest absolute Gasteiger partial charge is 0.759 e. The van der Waals surface area contributed by atoms with Gasteiger partial charge in [-0.05, 0) is 12.8 Å². The molecule has 0 aromatic rings. The van der Waals surface area contributed by atoms with Crippen LogP contribution in [0.25, 0.3) is 0 Å². The van der Waals surface area contributed by atoms with E-state index in [0.29, 0.717) is 6.04 Å². The van der Waals surface area contributed by atoms with E-state index in [1.54, 1.807) is 0 Å². The van der Waals surface area contributed by atoms with Gasteiger partial charge in [0, 0.05) is 10.4 Å². The fourth-order valence-corrected chi connectivity index (χ4v) is 1.38. The third-order valence-electron chi connectivity index (χ3n) is 1.88. The molecule has 1 saturated carbocycles. The van der Waals surface area contributed by atoms with Gasteiger partial charge in [-0.25, -0.2) is 4.99 Å². The van der Waals surface area contributed by atoms with Gasteiger partial charge in [0.15, 0.2) is 5.96 Å². The van der Waals surface area contributed by atoms with Crippen molar-refractivity contribution >= 4 is 22.3 Å². The highest BCUT2D eigenvalue weighted by Crippen LogP contribution is 2.20. The molecular weight excluding hydrogens is 250 g/mol. The number of guanidine groups is 2. The normalized spacial score (nSPS) is 17.2. The maximum atomic E-state index is 8.52. The zero-order valence-corrected chi connectivity index (χ0v) is 9.89. The molecule has 100 valence electrons. The van der Waals surface area contributed by atoms with E-state index in [1.807, 2.05) is 0 Å². The highest BCUT2D eigenvalue weighted by molar-refractivity contribution is 7.79. The van der Waals surface area contributed by atoms with E-state index in [2.05, 4.69) is 9.98 Å². The first-order chi connectivity index (χ1) is 7.68.